The van der Waals surface area contributed by atoms with Gasteiger partial charge in [0.1, 0.15) is 0 Å². The van der Waals surface area contributed by atoms with Gasteiger partial charge in [-0.25, -0.2) is 0 Å². The number of likely N-dealkylation sites (N-methyl/N-ethyl adjacent to an activating group) is 1. The summed E-state index contributed by atoms with van der Waals surface area (Å²) in [6, 6.07) is 2.52. The van der Waals surface area contributed by atoms with Crippen LogP contribution in [0.15, 0.2) is 18.5 Å². The normalized spacial score (nSPS) is 19.7. The number of hydrogen-bond donors (Lipinski definition) is 1. The van der Waals surface area contributed by atoms with Crippen LogP contribution in [0.1, 0.15) is 62.6 Å². The number of aryl methyl sites for hydroxylation is 1. The first-order chi connectivity index (χ1) is 10.1. The summed E-state index contributed by atoms with van der Waals surface area (Å²) >= 11 is 0. The molecule has 0 radical (unpaired) electrons. The molecule has 1 atom stereocenters. The molecule has 1 N–H and O–H groups in total. The summed E-state index contributed by atoms with van der Waals surface area (Å²) in [4.78, 5) is 6.87. The van der Waals surface area contributed by atoms with Crippen LogP contribution in [0, 0.1) is 6.92 Å². The minimum absolute atomic E-state index is 0.223. The molecule has 1 unspecified atom stereocenters. The number of nitrogens with zero attached hydrogens (tertiary/aromatic N) is 2. The minimum Gasteiger partial charge on any atom is -0.308 e. The highest BCUT2D eigenvalue weighted by atomic mass is 15.2. The third kappa shape index (κ3) is 3.46. The first-order valence-electron chi connectivity index (χ1n) is 8.43. The fourth-order valence-corrected chi connectivity index (χ4v) is 3.81. The third-order valence-corrected chi connectivity index (χ3v) is 5.14. The molecule has 1 saturated carbocycles. The first-order valence-corrected chi connectivity index (χ1v) is 8.43. The topological polar surface area (TPSA) is 28.2 Å². The van der Waals surface area contributed by atoms with E-state index in [1.165, 1.54) is 49.7 Å². The van der Waals surface area contributed by atoms with Gasteiger partial charge in [-0.15, -0.1) is 0 Å². The van der Waals surface area contributed by atoms with E-state index in [1.54, 1.807) is 0 Å². The van der Waals surface area contributed by atoms with Crippen LogP contribution in [0.25, 0.3) is 0 Å². The summed E-state index contributed by atoms with van der Waals surface area (Å²) in [7, 11) is 4.50. The molecule has 0 aliphatic heterocycles. The lowest BCUT2D eigenvalue weighted by Crippen LogP contribution is -2.55. The Morgan fingerprint density at radius 2 is 2.00 bits per heavy atom. The summed E-state index contributed by atoms with van der Waals surface area (Å²) < 4.78 is 0. The predicted molar refractivity (Wildman–Crippen MR) is 89.5 cm³/mol. The number of hydrogen-bond acceptors (Lipinski definition) is 3. The minimum atomic E-state index is 0.223. The highest BCUT2D eigenvalue weighted by Crippen LogP contribution is 2.42. The lowest BCUT2D eigenvalue weighted by molar-refractivity contribution is 0.0560. The fraction of sp³-hybridized carbons (Fsp3) is 0.722. The molecule has 1 aliphatic carbocycles. The standard InChI is InChI=1S/C18H31N3/c1-5-12-20-17(16-14-19-13-9-15(16)2)18(21(3)4)10-7-6-8-11-18/h9,13-14,17,20H,5-8,10-12H2,1-4H3. The lowest BCUT2D eigenvalue weighted by atomic mass is 9.72. The molecular formula is C18H31N3. The number of aromatic nitrogens is 1. The van der Waals surface area contributed by atoms with Gasteiger partial charge < -0.3 is 10.2 Å². The first kappa shape index (κ1) is 16.4. The van der Waals surface area contributed by atoms with Gasteiger partial charge >= 0.3 is 0 Å². The smallest absolute Gasteiger partial charge is 0.0524 e. The van der Waals surface area contributed by atoms with Crippen LogP contribution in [0.4, 0.5) is 0 Å². The summed E-state index contributed by atoms with van der Waals surface area (Å²) in [5, 5.41) is 3.84. The van der Waals surface area contributed by atoms with E-state index in [4.69, 9.17) is 0 Å². The van der Waals surface area contributed by atoms with Crippen molar-refractivity contribution in [3.05, 3.63) is 29.6 Å². The zero-order valence-corrected chi connectivity index (χ0v) is 14.2. The molecule has 0 amide bonds. The van der Waals surface area contributed by atoms with Gasteiger partial charge in [-0.3, -0.25) is 4.98 Å². The van der Waals surface area contributed by atoms with Gasteiger partial charge in [0.05, 0.1) is 6.04 Å². The molecule has 2 rings (SSSR count). The van der Waals surface area contributed by atoms with Crippen LogP contribution in [0.3, 0.4) is 0 Å². The van der Waals surface area contributed by atoms with E-state index in [0.717, 1.165) is 6.54 Å². The Labute approximate surface area is 130 Å². The van der Waals surface area contributed by atoms with Gasteiger partial charge in [-0.2, -0.15) is 0 Å². The molecule has 1 heterocycles. The second kappa shape index (κ2) is 7.37. The molecule has 0 spiro atoms. The number of pyridine rings is 1. The van der Waals surface area contributed by atoms with Crippen molar-refractivity contribution in [1.29, 1.82) is 0 Å². The Balaban J connectivity index is 2.39. The zero-order chi connectivity index (χ0) is 15.3. The molecule has 21 heavy (non-hydrogen) atoms. The summed E-state index contributed by atoms with van der Waals surface area (Å²) in [5.41, 5.74) is 2.95. The Bertz CT molecular complexity index is 436. The Hall–Kier alpha value is -0.930. The summed E-state index contributed by atoms with van der Waals surface area (Å²) in [6.07, 6.45) is 11.7. The van der Waals surface area contributed by atoms with E-state index in [-0.39, 0.29) is 5.54 Å². The summed E-state index contributed by atoms with van der Waals surface area (Å²) in [5.74, 6) is 0. The van der Waals surface area contributed by atoms with Crippen LogP contribution in [-0.4, -0.2) is 36.1 Å². The van der Waals surface area contributed by atoms with E-state index in [0.29, 0.717) is 6.04 Å². The van der Waals surface area contributed by atoms with E-state index in [2.05, 4.69) is 55.4 Å². The summed E-state index contributed by atoms with van der Waals surface area (Å²) in [6.45, 7) is 5.52. The Kier molecular flexibility index (Phi) is 5.77. The number of rotatable bonds is 6. The molecule has 3 nitrogen and oxygen atoms in total. The van der Waals surface area contributed by atoms with Gasteiger partial charge in [0.15, 0.2) is 0 Å². The molecule has 0 aromatic carbocycles. The van der Waals surface area contributed by atoms with Gasteiger partial charge in [0.25, 0.3) is 0 Å². The molecule has 1 aromatic rings. The third-order valence-electron chi connectivity index (χ3n) is 5.14. The van der Waals surface area contributed by atoms with Crippen molar-refractivity contribution >= 4 is 0 Å². The fourth-order valence-electron chi connectivity index (χ4n) is 3.81. The van der Waals surface area contributed by atoms with Crippen molar-refractivity contribution in [2.24, 2.45) is 0 Å². The van der Waals surface area contributed by atoms with Crippen molar-refractivity contribution in [2.75, 3.05) is 20.6 Å². The highest BCUT2D eigenvalue weighted by Gasteiger charge is 2.42. The molecule has 3 heteroatoms. The van der Waals surface area contributed by atoms with E-state index < -0.39 is 0 Å². The molecule has 1 aliphatic rings. The molecular weight excluding hydrogens is 258 g/mol. The van der Waals surface area contributed by atoms with E-state index in [1.807, 2.05) is 6.20 Å². The molecule has 0 saturated heterocycles. The van der Waals surface area contributed by atoms with Crippen LogP contribution < -0.4 is 5.32 Å². The van der Waals surface area contributed by atoms with Gasteiger partial charge in [0.2, 0.25) is 0 Å². The van der Waals surface area contributed by atoms with Gasteiger partial charge in [-0.05, 0) is 64.0 Å². The maximum atomic E-state index is 4.40. The highest BCUT2D eigenvalue weighted by molar-refractivity contribution is 5.29. The van der Waals surface area contributed by atoms with E-state index in [9.17, 15) is 0 Å². The van der Waals surface area contributed by atoms with Gasteiger partial charge in [0, 0.05) is 17.9 Å². The second-order valence-electron chi connectivity index (χ2n) is 6.68. The van der Waals surface area contributed by atoms with Crippen LogP contribution >= 0.6 is 0 Å². The monoisotopic (exact) mass is 289 g/mol. The van der Waals surface area contributed by atoms with Crippen LogP contribution in [0.2, 0.25) is 0 Å². The zero-order valence-electron chi connectivity index (χ0n) is 14.2. The lowest BCUT2D eigenvalue weighted by Gasteiger charge is -2.49. The average molecular weight is 289 g/mol. The SMILES string of the molecule is CCCNC(c1cnccc1C)C1(N(C)C)CCCCC1. The Morgan fingerprint density at radius 1 is 1.29 bits per heavy atom. The molecule has 0 bridgehead atoms. The maximum Gasteiger partial charge on any atom is 0.0524 e. The van der Waals surface area contributed by atoms with Crippen molar-refractivity contribution in [3.63, 3.8) is 0 Å². The quantitative estimate of drug-likeness (QED) is 0.865. The Morgan fingerprint density at radius 3 is 2.57 bits per heavy atom. The second-order valence-corrected chi connectivity index (χ2v) is 6.68. The van der Waals surface area contributed by atoms with Crippen molar-refractivity contribution in [1.82, 2.24) is 15.2 Å². The molecule has 1 aromatic heterocycles. The van der Waals surface area contributed by atoms with Gasteiger partial charge in [-0.1, -0.05) is 26.2 Å². The largest absolute Gasteiger partial charge is 0.308 e. The van der Waals surface area contributed by atoms with Crippen molar-refractivity contribution < 1.29 is 0 Å². The van der Waals surface area contributed by atoms with Crippen LogP contribution in [0.5, 0.6) is 0 Å². The average Bonchev–Trinajstić information content (AvgIpc) is 2.50. The predicted octanol–water partition coefficient (Wildman–Crippen LogP) is 3.70. The number of nitrogens with one attached hydrogen (secondary N) is 1. The maximum absolute atomic E-state index is 4.40. The van der Waals surface area contributed by atoms with Crippen molar-refractivity contribution in [3.8, 4) is 0 Å². The van der Waals surface area contributed by atoms with Crippen molar-refractivity contribution in [2.45, 2.75) is 64.0 Å². The molecule has 1 fully saturated rings. The van der Waals surface area contributed by atoms with E-state index >= 15 is 0 Å². The molecule has 118 valence electrons. The van der Waals surface area contributed by atoms with Crippen LogP contribution in [-0.2, 0) is 0 Å².